The molecule has 1 fully saturated rings. The summed E-state index contributed by atoms with van der Waals surface area (Å²) < 4.78 is 16.3. The molecule has 0 unspecified atom stereocenters. The molecule has 0 atom stereocenters. The van der Waals surface area contributed by atoms with E-state index in [1.165, 1.54) is 7.11 Å². The average molecular weight is 441 g/mol. The number of hydrogen-bond acceptors (Lipinski definition) is 6. The third kappa shape index (κ3) is 6.45. The molecule has 0 saturated carbocycles. The number of carbonyl (C=O) groups excluding carboxylic acids is 2. The van der Waals surface area contributed by atoms with E-state index in [1.54, 1.807) is 29.3 Å². The van der Waals surface area contributed by atoms with E-state index in [4.69, 9.17) is 14.2 Å². The number of pyridine rings is 1. The Kier molecular flexibility index (Phi) is 7.38. The molecule has 1 aromatic carbocycles. The minimum atomic E-state index is -0.479. The Balaban J connectivity index is 1.60. The van der Waals surface area contributed by atoms with Crippen LogP contribution in [0.1, 0.15) is 55.2 Å². The van der Waals surface area contributed by atoms with Gasteiger partial charge in [-0.2, -0.15) is 0 Å². The lowest BCUT2D eigenvalue weighted by Crippen LogP contribution is -2.42. The fraction of sp³-hybridized carbons (Fsp3) is 0.480. The Bertz CT molecular complexity index is 959. The van der Waals surface area contributed by atoms with Crippen molar-refractivity contribution in [3.05, 3.63) is 53.3 Å². The van der Waals surface area contributed by atoms with Crippen LogP contribution in [0.3, 0.4) is 0 Å². The van der Waals surface area contributed by atoms with E-state index in [1.807, 2.05) is 39.8 Å². The van der Waals surface area contributed by atoms with Crippen LogP contribution < -0.4 is 4.74 Å². The van der Waals surface area contributed by atoms with E-state index >= 15 is 0 Å². The number of aromatic nitrogens is 1. The molecule has 1 aliphatic rings. The van der Waals surface area contributed by atoms with Crippen LogP contribution in [0.2, 0.25) is 0 Å². The summed E-state index contributed by atoms with van der Waals surface area (Å²) in [5.74, 6) is 1.32. The van der Waals surface area contributed by atoms with Gasteiger partial charge in [-0.25, -0.2) is 9.59 Å². The second-order valence-electron chi connectivity index (χ2n) is 9.17. The Morgan fingerprint density at radius 2 is 1.84 bits per heavy atom. The molecule has 2 aromatic rings. The Hall–Kier alpha value is -3.09. The van der Waals surface area contributed by atoms with Crippen molar-refractivity contribution in [3.63, 3.8) is 0 Å². The predicted octanol–water partition coefficient (Wildman–Crippen LogP) is 5.16. The largest absolute Gasteiger partial charge is 0.465 e. The highest BCUT2D eigenvalue weighted by Crippen LogP contribution is 2.28. The zero-order valence-electron chi connectivity index (χ0n) is 19.5. The number of methoxy groups -OCH3 is 1. The lowest BCUT2D eigenvalue weighted by atomic mass is 9.92. The van der Waals surface area contributed by atoms with Crippen LogP contribution in [-0.4, -0.2) is 47.7 Å². The highest BCUT2D eigenvalue weighted by Gasteiger charge is 2.27. The molecule has 1 aromatic heterocycles. The summed E-state index contributed by atoms with van der Waals surface area (Å²) in [4.78, 5) is 30.4. The monoisotopic (exact) mass is 440 g/mol. The first-order chi connectivity index (χ1) is 15.1. The number of nitrogens with zero attached hydrogens (tertiary/aromatic N) is 2. The molecular formula is C25H32N2O5. The molecule has 0 aliphatic carbocycles. The van der Waals surface area contributed by atoms with Crippen molar-refractivity contribution >= 4 is 12.1 Å². The number of hydrogen-bond donors (Lipinski definition) is 0. The maximum absolute atomic E-state index is 12.3. The molecule has 1 saturated heterocycles. The molecule has 7 nitrogen and oxygen atoms in total. The summed E-state index contributed by atoms with van der Waals surface area (Å²) in [7, 11) is 1.36. The van der Waals surface area contributed by atoms with Gasteiger partial charge >= 0.3 is 12.1 Å². The summed E-state index contributed by atoms with van der Waals surface area (Å²) in [6.45, 7) is 8.95. The smallest absolute Gasteiger partial charge is 0.410 e. The van der Waals surface area contributed by atoms with Crippen molar-refractivity contribution in [1.82, 2.24) is 9.88 Å². The Labute approximate surface area is 189 Å². The van der Waals surface area contributed by atoms with Crippen molar-refractivity contribution in [1.29, 1.82) is 0 Å². The van der Waals surface area contributed by atoms with Crippen LogP contribution in [0.15, 0.2) is 36.5 Å². The minimum Gasteiger partial charge on any atom is -0.465 e. The van der Waals surface area contributed by atoms with Crippen molar-refractivity contribution in [2.45, 2.75) is 52.6 Å². The van der Waals surface area contributed by atoms with Gasteiger partial charge in [0, 0.05) is 31.0 Å². The molecule has 172 valence electrons. The van der Waals surface area contributed by atoms with E-state index in [-0.39, 0.29) is 6.09 Å². The summed E-state index contributed by atoms with van der Waals surface area (Å²) in [6, 6.07) is 8.98. The number of ether oxygens (including phenoxy) is 3. The second kappa shape index (κ2) is 10.0. The normalized spacial score (nSPS) is 14.7. The highest BCUT2D eigenvalue weighted by molar-refractivity contribution is 5.89. The van der Waals surface area contributed by atoms with Crippen molar-refractivity contribution in [2.24, 2.45) is 5.92 Å². The maximum Gasteiger partial charge on any atom is 0.410 e. The first kappa shape index (κ1) is 23.6. The van der Waals surface area contributed by atoms with Gasteiger partial charge in [-0.05, 0) is 76.6 Å². The zero-order valence-corrected chi connectivity index (χ0v) is 19.5. The number of benzene rings is 1. The van der Waals surface area contributed by atoms with E-state index in [0.717, 1.165) is 30.5 Å². The van der Waals surface area contributed by atoms with Crippen molar-refractivity contribution in [2.75, 3.05) is 20.2 Å². The fourth-order valence-electron chi connectivity index (χ4n) is 3.65. The van der Waals surface area contributed by atoms with E-state index in [0.29, 0.717) is 36.1 Å². The number of carbonyl (C=O) groups is 2. The number of aryl methyl sites for hydroxylation is 1. The molecular weight excluding hydrogens is 408 g/mol. The van der Waals surface area contributed by atoms with Gasteiger partial charge < -0.3 is 19.1 Å². The molecule has 0 N–H and O–H groups in total. The average Bonchev–Trinajstić information content (AvgIpc) is 2.74. The minimum absolute atomic E-state index is 0.242. The number of esters is 1. The van der Waals surface area contributed by atoms with Crippen LogP contribution in [0.5, 0.6) is 11.5 Å². The van der Waals surface area contributed by atoms with Crippen LogP contribution in [0, 0.1) is 12.8 Å². The summed E-state index contributed by atoms with van der Waals surface area (Å²) in [5, 5.41) is 0. The van der Waals surface area contributed by atoms with Gasteiger partial charge in [0.2, 0.25) is 0 Å². The molecule has 1 aliphatic heterocycles. The molecule has 3 rings (SSSR count). The lowest BCUT2D eigenvalue weighted by molar-refractivity contribution is 0.0184. The molecule has 0 bridgehead atoms. The summed E-state index contributed by atoms with van der Waals surface area (Å²) in [5.41, 5.74) is 1.83. The number of likely N-dealkylation sites (tertiary alicyclic amines) is 1. The van der Waals surface area contributed by atoms with Gasteiger partial charge in [0.25, 0.3) is 0 Å². The van der Waals surface area contributed by atoms with E-state index in [2.05, 4.69) is 4.98 Å². The van der Waals surface area contributed by atoms with E-state index in [9.17, 15) is 9.59 Å². The van der Waals surface area contributed by atoms with Crippen LogP contribution in [0.25, 0.3) is 0 Å². The third-order valence-electron chi connectivity index (χ3n) is 5.39. The van der Waals surface area contributed by atoms with Crippen LogP contribution in [0.4, 0.5) is 4.79 Å². The highest BCUT2D eigenvalue weighted by atomic mass is 16.6. The Morgan fingerprint density at radius 3 is 2.50 bits per heavy atom. The van der Waals surface area contributed by atoms with Gasteiger partial charge in [0.05, 0.1) is 12.7 Å². The first-order valence-electron chi connectivity index (χ1n) is 10.9. The number of amides is 1. The second-order valence-corrected chi connectivity index (χ2v) is 9.17. The molecule has 7 heteroatoms. The number of rotatable bonds is 5. The van der Waals surface area contributed by atoms with Gasteiger partial charge in [0.1, 0.15) is 17.1 Å². The Morgan fingerprint density at radius 1 is 1.12 bits per heavy atom. The van der Waals surface area contributed by atoms with Crippen molar-refractivity contribution in [3.8, 4) is 11.5 Å². The lowest BCUT2D eigenvalue weighted by Gasteiger charge is -2.33. The SMILES string of the molecule is COC(=O)c1ccc(C)c(Oc2ccnc(CC3CCN(C(=O)OC(C)(C)C)CC3)c2)c1. The van der Waals surface area contributed by atoms with Crippen LogP contribution >= 0.6 is 0 Å². The van der Waals surface area contributed by atoms with Crippen molar-refractivity contribution < 1.29 is 23.8 Å². The maximum atomic E-state index is 12.3. The summed E-state index contributed by atoms with van der Waals surface area (Å²) in [6.07, 6.45) is 4.13. The van der Waals surface area contributed by atoms with Gasteiger partial charge in [-0.1, -0.05) is 6.07 Å². The number of piperidine rings is 1. The van der Waals surface area contributed by atoms with Gasteiger partial charge in [0.15, 0.2) is 0 Å². The third-order valence-corrected chi connectivity index (χ3v) is 5.39. The van der Waals surface area contributed by atoms with Gasteiger partial charge in [-0.3, -0.25) is 4.98 Å². The first-order valence-corrected chi connectivity index (χ1v) is 10.9. The molecule has 0 radical (unpaired) electrons. The standard InChI is InChI=1S/C25H32N2O5/c1-17-6-7-19(23(28)30-5)15-22(17)31-21-8-11-26-20(16-21)14-18-9-12-27(13-10-18)24(29)32-25(2,3)4/h6-8,11,15-16,18H,9-10,12-14H2,1-5H3. The molecule has 0 spiro atoms. The summed E-state index contributed by atoms with van der Waals surface area (Å²) >= 11 is 0. The van der Waals surface area contributed by atoms with Crippen LogP contribution in [-0.2, 0) is 15.9 Å². The quantitative estimate of drug-likeness (QED) is 0.598. The molecule has 1 amide bonds. The zero-order chi connectivity index (χ0) is 23.3. The molecule has 32 heavy (non-hydrogen) atoms. The van der Waals surface area contributed by atoms with E-state index < -0.39 is 11.6 Å². The van der Waals surface area contributed by atoms with Gasteiger partial charge in [-0.15, -0.1) is 0 Å². The topological polar surface area (TPSA) is 78.0 Å². The fourth-order valence-corrected chi connectivity index (χ4v) is 3.65. The predicted molar refractivity (Wildman–Crippen MR) is 121 cm³/mol. The molecule has 2 heterocycles.